The SMILES string of the molecule is CC(C)(C)c1ccc2c(-c3ccc(-n4c(-c5ccccn5)nc5cc(-c6ccccn6)c6ccccc6c54)cc3)c3cc(C(C)(C)C)ccc3c(-c3ccccc3)c2c1. The van der Waals surface area contributed by atoms with Crippen molar-refractivity contribution in [2.75, 3.05) is 0 Å². The first-order valence-electron chi connectivity index (χ1n) is 20.5. The Kier molecular flexibility index (Phi) is 8.57. The van der Waals surface area contributed by atoms with Crippen LogP contribution in [0.2, 0.25) is 0 Å². The van der Waals surface area contributed by atoms with Crippen molar-refractivity contribution in [1.29, 1.82) is 0 Å². The molecule has 3 heterocycles. The monoisotopic (exact) mass is 762 g/mol. The van der Waals surface area contributed by atoms with Crippen LogP contribution >= 0.6 is 0 Å². The van der Waals surface area contributed by atoms with Crippen LogP contribution in [0.25, 0.3) is 94.1 Å². The van der Waals surface area contributed by atoms with Crippen LogP contribution in [-0.2, 0) is 10.8 Å². The van der Waals surface area contributed by atoms with Gasteiger partial charge in [0.05, 0.1) is 16.7 Å². The van der Waals surface area contributed by atoms with Gasteiger partial charge in [0.25, 0.3) is 0 Å². The molecule has 4 heteroatoms. The van der Waals surface area contributed by atoms with Crippen LogP contribution in [0.1, 0.15) is 52.7 Å². The summed E-state index contributed by atoms with van der Waals surface area (Å²) in [5.74, 6) is 0.796. The van der Waals surface area contributed by atoms with Gasteiger partial charge < -0.3 is 0 Å². The molecule has 0 radical (unpaired) electrons. The number of hydrogen-bond acceptors (Lipinski definition) is 3. The molecule has 0 saturated heterocycles. The number of nitrogens with zero attached hydrogens (tertiary/aromatic N) is 4. The molecule has 0 N–H and O–H groups in total. The van der Waals surface area contributed by atoms with E-state index in [4.69, 9.17) is 15.0 Å². The Labute approximate surface area is 345 Å². The van der Waals surface area contributed by atoms with Gasteiger partial charge >= 0.3 is 0 Å². The molecule has 0 saturated carbocycles. The second-order valence-electron chi connectivity index (χ2n) is 17.7. The smallest absolute Gasteiger partial charge is 0.164 e. The van der Waals surface area contributed by atoms with Crippen LogP contribution in [0, 0.1) is 0 Å². The van der Waals surface area contributed by atoms with E-state index in [2.05, 4.69) is 174 Å². The fraction of sp³-hybridized carbons (Fsp3) is 0.145. The number of benzene rings is 7. The molecule has 59 heavy (non-hydrogen) atoms. The van der Waals surface area contributed by atoms with Crippen molar-refractivity contribution in [2.24, 2.45) is 0 Å². The first-order chi connectivity index (χ1) is 28.5. The van der Waals surface area contributed by atoms with Gasteiger partial charge in [-0.25, -0.2) is 4.98 Å². The first kappa shape index (κ1) is 36.4. The van der Waals surface area contributed by atoms with Crippen LogP contribution in [-0.4, -0.2) is 19.5 Å². The summed E-state index contributed by atoms with van der Waals surface area (Å²) >= 11 is 0. The van der Waals surface area contributed by atoms with Gasteiger partial charge in [-0.15, -0.1) is 0 Å². The van der Waals surface area contributed by atoms with Gasteiger partial charge in [-0.2, -0.15) is 0 Å². The molecular weight excluding hydrogens is 717 g/mol. The van der Waals surface area contributed by atoms with Gasteiger partial charge in [0.2, 0.25) is 0 Å². The minimum absolute atomic E-state index is 0.00353. The van der Waals surface area contributed by atoms with E-state index in [1.54, 1.807) is 0 Å². The minimum atomic E-state index is -0.0170. The van der Waals surface area contributed by atoms with Crippen molar-refractivity contribution in [1.82, 2.24) is 19.5 Å². The summed E-state index contributed by atoms with van der Waals surface area (Å²) in [6, 6.07) is 57.1. The number of imidazole rings is 1. The molecule has 4 nitrogen and oxygen atoms in total. The third-order valence-corrected chi connectivity index (χ3v) is 11.8. The number of fused-ring (bicyclic) bond motifs is 5. The van der Waals surface area contributed by atoms with Gasteiger partial charge in [-0.3, -0.25) is 14.5 Å². The summed E-state index contributed by atoms with van der Waals surface area (Å²) < 4.78 is 2.29. The second-order valence-corrected chi connectivity index (χ2v) is 17.7. The van der Waals surface area contributed by atoms with Crippen molar-refractivity contribution in [3.8, 4) is 50.7 Å². The second kappa shape index (κ2) is 13.9. The van der Waals surface area contributed by atoms with Crippen LogP contribution in [0.4, 0.5) is 0 Å². The number of aromatic nitrogens is 4. The predicted octanol–water partition coefficient (Wildman–Crippen LogP) is 14.5. The maximum Gasteiger partial charge on any atom is 0.164 e. The van der Waals surface area contributed by atoms with Crippen molar-refractivity contribution in [3.63, 3.8) is 0 Å². The lowest BCUT2D eigenvalue weighted by Crippen LogP contribution is -2.11. The van der Waals surface area contributed by atoms with Crippen LogP contribution in [0.15, 0.2) is 170 Å². The van der Waals surface area contributed by atoms with Gasteiger partial charge in [-0.05, 0) is 126 Å². The summed E-state index contributed by atoms with van der Waals surface area (Å²) in [6.45, 7) is 13.8. The lowest BCUT2D eigenvalue weighted by molar-refractivity contribution is 0.590. The zero-order valence-corrected chi connectivity index (χ0v) is 34.5. The summed E-state index contributed by atoms with van der Waals surface area (Å²) in [5, 5.41) is 7.28. The molecule has 286 valence electrons. The van der Waals surface area contributed by atoms with E-state index in [0.717, 1.165) is 50.3 Å². The summed E-state index contributed by atoms with van der Waals surface area (Å²) in [4.78, 5) is 14.9. The van der Waals surface area contributed by atoms with E-state index in [1.165, 1.54) is 54.9 Å². The maximum atomic E-state index is 5.33. The highest BCUT2D eigenvalue weighted by molar-refractivity contribution is 6.22. The van der Waals surface area contributed by atoms with Gasteiger partial charge in [0, 0.05) is 29.0 Å². The summed E-state index contributed by atoms with van der Waals surface area (Å²) in [5.41, 5.74) is 13.3. The average molecular weight is 763 g/mol. The molecule has 10 rings (SSSR count). The molecule has 3 aromatic heterocycles. The number of rotatable bonds is 5. The Morgan fingerprint density at radius 1 is 0.424 bits per heavy atom. The molecule has 0 bridgehead atoms. The molecule has 0 amide bonds. The molecule has 0 unspecified atom stereocenters. The molecule has 0 aliphatic carbocycles. The first-order valence-corrected chi connectivity index (χ1v) is 20.5. The quantitative estimate of drug-likeness (QED) is 0.164. The third kappa shape index (κ3) is 6.27. The van der Waals surface area contributed by atoms with E-state index in [9.17, 15) is 0 Å². The molecule has 0 spiro atoms. The Morgan fingerprint density at radius 3 is 1.51 bits per heavy atom. The molecule has 0 atom stereocenters. The van der Waals surface area contributed by atoms with Gasteiger partial charge in [0.15, 0.2) is 5.82 Å². The Bertz CT molecular complexity index is 3190. The normalized spacial score (nSPS) is 12.2. The van der Waals surface area contributed by atoms with E-state index >= 15 is 0 Å². The Hall–Kier alpha value is -6.91. The van der Waals surface area contributed by atoms with Crippen molar-refractivity contribution in [3.05, 3.63) is 181 Å². The predicted molar refractivity (Wildman–Crippen MR) is 248 cm³/mol. The zero-order chi connectivity index (χ0) is 40.5. The summed E-state index contributed by atoms with van der Waals surface area (Å²) in [6.07, 6.45) is 3.69. The lowest BCUT2D eigenvalue weighted by atomic mass is 9.79. The van der Waals surface area contributed by atoms with Crippen LogP contribution < -0.4 is 0 Å². The van der Waals surface area contributed by atoms with Gasteiger partial charge in [-0.1, -0.05) is 145 Å². The molecule has 0 aliphatic rings. The van der Waals surface area contributed by atoms with E-state index in [-0.39, 0.29) is 10.8 Å². The third-order valence-electron chi connectivity index (χ3n) is 11.8. The Morgan fingerprint density at radius 2 is 0.949 bits per heavy atom. The van der Waals surface area contributed by atoms with E-state index < -0.39 is 0 Å². The van der Waals surface area contributed by atoms with E-state index in [0.29, 0.717) is 0 Å². The fourth-order valence-corrected chi connectivity index (χ4v) is 8.75. The van der Waals surface area contributed by atoms with Crippen molar-refractivity contribution in [2.45, 2.75) is 52.4 Å². The fourth-order valence-electron chi connectivity index (χ4n) is 8.75. The van der Waals surface area contributed by atoms with Crippen LogP contribution in [0.3, 0.4) is 0 Å². The standard InChI is InChI=1S/C55H46N4/c1-54(2,3)37-25-29-42-45(32-37)50(35-16-8-7-9-17-35)41-28-24-38(55(4,5)6)33-46(41)51(42)36-22-26-39(27-23-36)59-52-43-19-11-10-18-40(43)44(47-20-12-14-30-56-47)34-49(52)58-53(59)48-21-13-15-31-57-48/h7-34H,1-6H3. The topological polar surface area (TPSA) is 43.6 Å². The highest BCUT2D eigenvalue weighted by Gasteiger charge is 2.24. The highest BCUT2D eigenvalue weighted by Crippen LogP contribution is 2.46. The zero-order valence-electron chi connectivity index (χ0n) is 34.5. The van der Waals surface area contributed by atoms with Crippen LogP contribution in [0.5, 0.6) is 0 Å². The highest BCUT2D eigenvalue weighted by atomic mass is 15.1. The average Bonchev–Trinajstić information content (AvgIpc) is 3.65. The molecule has 0 aliphatic heterocycles. The number of hydrogen-bond donors (Lipinski definition) is 0. The Balaban J connectivity index is 1.25. The number of pyridine rings is 2. The molecule has 10 aromatic rings. The molecular formula is C55H46N4. The van der Waals surface area contributed by atoms with Gasteiger partial charge in [0.1, 0.15) is 5.69 Å². The lowest BCUT2D eigenvalue weighted by Gasteiger charge is -2.25. The minimum Gasteiger partial charge on any atom is -0.290 e. The molecule has 0 fully saturated rings. The molecule has 7 aromatic carbocycles. The maximum absolute atomic E-state index is 5.33. The van der Waals surface area contributed by atoms with Crippen molar-refractivity contribution >= 4 is 43.4 Å². The van der Waals surface area contributed by atoms with Crippen molar-refractivity contribution < 1.29 is 0 Å². The van der Waals surface area contributed by atoms with E-state index in [1.807, 2.05) is 42.7 Å². The largest absolute Gasteiger partial charge is 0.290 e. The summed E-state index contributed by atoms with van der Waals surface area (Å²) in [7, 11) is 0.